The van der Waals surface area contributed by atoms with Crippen LogP contribution in [-0.2, 0) is 50.9 Å². The smallest absolute Gasteiger partial charge is 0.462 e. The van der Waals surface area contributed by atoms with Gasteiger partial charge in [-0.3, -0.25) is 27.7 Å². The Kier molecular flexibility index (Phi) is 34.6. The van der Waals surface area contributed by atoms with Crippen molar-refractivity contribution >= 4 is 35.4 Å². The summed E-state index contributed by atoms with van der Waals surface area (Å²) in [7, 11) is -16.6. The summed E-state index contributed by atoms with van der Waals surface area (Å²) in [6, 6.07) is 0. The Morgan fingerprint density at radius 1 is 0.431 bits per heavy atom. The number of aliphatic hydroxyl groups is 3. The van der Waals surface area contributed by atoms with Crippen LogP contribution in [0.2, 0.25) is 0 Å². The molecule has 386 valence electrons. The zero-order valence-electron chi connectivity index (χ0n) is 39.1. The summed E-state index contributed by atoms with van der Waals surface area (Å²) < 4.78 is 65.5. The van der Waals surface area contributed by atoms with E-state index < -0.39 is 91.3 Å². The van der Waals surface area contributed by atoms with Crippen molar-refractivity contribution in [3.8, 4) is 0 Å². The molecule has 8 N–H and O–H groups in total. The van der Waals surface area contributed by atoms with Crippen molar-refractivity contribution in [1.29, 1.82) is 0 Å². The average molecular weight is 999 g/mol. The number of hydrogen-bond donors (Lipinski definition) is 8. The lowest BCUT2D eigenvalue weighted by Gasteiger charge is -2.44. The Bertz CT molecular complexity index is 1380. The molecule has 0 aromatic rings. The predicted molar refractivity (Wildman–Crippen MR) is 243 cm³/mol. The second kappa shape index (κ2) is 36.1. The van der Waals surface area contributed by atoms with E-state index in [4.69, 9.17) is 18.5 Å². The molecule has 1 saturated carbocycles. The SMILES string of the molecule is CCCCCCCCCCCCCCCCCC(=O)OCC(COP(=O)(O)OC1C(O)C(O)C(OP(=O)(O)O)C(OP(=O)(O)O)C1O)OC(=O)CCCCCCCCCCCCCCC. The fourth-order valence-corrected chi connectivity index (χ4v) is 9.86. The molecule has 8 atom stereocenters. The van der Waals surface area contributed by atoms with Gasteiger partial charge < -0.3 is 49.3 Å². The van der Waals surface area contributed by atoms with Gasteiger partial charge in [0.2, 0.25) is 0 Å². The number of unbranched alkanes of at least 4 members (excludes halogenated alkanes) is 26. The quantitative estimate of drug-likeness (QED) is 0.0161. The second-order valence-electron chi connectivity index (χ2n) is 17.4. The molecule has 0 radical (unpaired) electrons. The van der Waals surface area contributed by atoms with Crippen molar-refractivity contribution in [3.63, 3.8) is 0 Å². The summed E-state index contributed by atoms with van der Waals surface area (Å²) in [6.07, 6.45) is 15.5. The lowest BCUT2D eigenvalue weighted by atomic mass is 9.85. The first-order valence-corrected chi connectivity index (χ1v) is 28.9. The molecule has 0 aromatic carbocycles. The van der Waals surface area contributed by atoms with Crippen molar-refractivity contribution in [2.24, 2.45) is 0 Å². The number of hydrogen-bond acceptors (Lipinski definition) is 14. The normalized spacial score (nSPS) is 21.8. The van der Waals surface area contributed by atoms with Gasteiger partial charge in [0.25, 0.3) is 0 Å². The highest BCUT2D eigenvalue weighted by Crippen LogP contribution is 2.51. The number of rotatable bonds is 42. The van der Waals surface area contributed by atoms with Gasteiger partial charge in [0, 0.05) is 12.8 Å². The minimum atomic E-state index is -5.59. The first-order valence-electron chi connectivity index (χ1n) is 24.3. The monoisotopic (exact) mass is 998 g/mol. The van der Waals surface area contributed by atoms with E-state index in [0.717, 1.165) is 51.4 Å². The molecule has 0 saturated heterocycles. The first-order chi connectivity index (χ1) is 30.8. The van der Waals surface area contributed by atoms with E-state index in [1.165, 1.54) is 116 Å². The molecule has 1 aliphatic carbocycles. The summed E-state index contributed by atoms with van der Waals surface area (Å²) in [5, 5.41) is 31.9. The number of phosphoric ester groups is 3. The average Bonchev–Trinajstić information content (AvgIpc) is 3.23. The summed E-state index contributed by atoms with van der Waals surface area (Å²) in [5.41, 5.74) is 0. The minimum Gasteiger partial charge on any atom is -0.462 e. The number of phosphoric acid groups is 3. The van der Waals surface area contributed by atoms with E-state index in [1.807, 2.05) is 0 Å². The number of ether oxygens (including phenoxy) is 2. The largest absolute Gasteiger partial charge is 0.472 e. The molecule has 65 heavy (non-hydrogen) atoms. The van der Waals surface area contributed by atoms with Crippen LogP contribution in [0.15, 0.2) is 0 Å². The molecule has 0 aromatic heterocycles. The molecule has 1 aliphatic rings. The highest BCUT2D eigenvalue weighted by molar-refractivity contribution is 7.47. The Labute approximate surface area is 387 Å². The molecule has 19 nitrogen and oxygen atoms in total. The molecule has 0 aliphatic heterocycles. The standard InChI is InChI=1S/C43H85O19P3/c1-3-5-7-9-11-13-15-17-18-20-21-23-25-27-29-31-36(44)57-33-35(59-37(45)32-30-28-26-24-22-19-16-14-12-10-8-6-4-2)34-58-65(55,56)62-41-38(46)39(47)42(60-63(49,50)51)43(40(41)48)61-64(52,53)54/h35,38-43,46-48H,3-34H2,1-2H3,(H,55,56)(H2,49,50,51)(H2,52,53,54). The van der Waals surface area contributed by atoms with Crippen molar-refractivity contribution in [2.45, 2.75) is 249 Å². The van der Waals surface area contributed by atoms with Gasteiger partial charge in [-0.1, -0.05) is 181 Å². The maximum absolute atomic E-state index is 13.1. The van der Waals surface area contributed by atoms with Gasteiger partial charge in [0.15, 0.2) is 6.10 Å². The molecule has 1 fully saturated rings. The number of esters is 2. The molecule has 8 unspecified atom stereocenters. The number of carbonyl (C=O) groups excluding carboxylic acids is 2. The minimum absolute atomic E-state index is 0.00573. The van der Waals surface area contributed by atoms with Gasteiger partial charge in [-0.2, -0.15) is 0 Å². The zero-order chi connectivity index (χ0) is 48.6. The molecule has 0 heterocycles. The highest BCUT2D eigenvalue weighted by Gasteiger charge is 2.56. The molecule has 22 heteroatoms. The Morgan fingerprint density at radius 3 is 1.12 bits per heavy atom. The van der Waals surface area contributed by atoms with Crippen LogP contribution in [0.3, 0.4) is 0 Å². The summed E-state index contributed by atoms with van der Waals surface area (Å²) in [4.78, 5) is 73.2. The zero-order valence-corrected chi connectivity index (χ0v) is 41.8. The van der Waals surface area contributed by atoms with Gasteiger partial charge in [-0.25, -0.2) is 13.7 Å². The van der Waals surface area contributed by atoms with Gasteiger partial charge in [-0.05, 0) is 12.8 Å². The van der Waals surface area contributed by atoms with E-state index in [9.17, 15) is 63.1 Å². The lowest BCUT2D eigenvalue weighted by molar-refractivity contribution is -0.213. The lowest BCUT2D eigenvalue weighted by Crippen LogP contribution is -2.65. The van der Waals surface area contributed by atoms with Crippen molar-refractivity contribution in [2.75, 3.05) is 13.2 Å². The second-order valence-corrected chi connectivity index (χ2v) is 21.2. The maximum Gasteiger partial charge on any atom is 0.472 e. The topological polar surface area (TPSA) is 303 Å². The van der Waals surface area contributed by atoms with Crippen LogP contribution in [-0.4, -0.2) is 108 Å². The molecule has 1 rings (SSSR count). The molecule has 0 amide bonds. The summed E-state index contributed by atoms with van der Waals surface area (Å²) in [5.74, 6) is -1.28. The van der Waals surface area contributed by atoms with Crippen LogP contribution in [0.4, 0.5) is 0 Å². The van der Waals surface area contributed by atoms with Gasteiger partial charge in [0.1, 0.15) is 43.2 Å². The Balaban J connectivity index is 2.71. The first kappa shape index (κ1) is 62.2. The van der Waals surface area contributed by atoms with Crippen LogP contribution >= 0.6 is 23.5 Å². The van der Waals surface area contributed by atoms with Gasteiger partial charge >= 0.3 is 35.4 Å². The van der Waals surface area contributed by atoms with Crippen LogP contribution < -0.4 is 0 Å². The van der Waals surface area contributed by atoms with Crippen LogP contribution in [0.5, 0.6) is 0 Å². The van der Waals surface area contributed by atoms with Crippen LogP contribution in [0.1, 0.15) is 206 Å². The Morgan fingerprint density at radius 2 is 0.754 bits per heavy atom. The van der Waals surface area contributed by atoms with Gasteiger partial charge in [-0.15, -0.1) is 0 Å². The third kappa shape index (κ3) is 32.6. The molecular formula is C43H85O19P3. The Hall–Kier alpha value is -0.850. The van der Waals surface area contributed by atoms with Crippen molar-refractivity contribution in [1.82, 2.24) is 0 Å². The van der Waals surface area contributed by atoms with Gasteiger partial charge in [0.05, 0.1) is 6.61 Å². The number of carbonyl (C=O) groups is 2. The number of aliphatic hydroxyl groups excluding tert-OH is 3. The third-order valence-electron chi connectivity index (χ3n) is 11.4. The van der Waals surface area contributed by atoms with Crippen molar-refractivity contribution in [3.05, 3.63) is 0 Å². The summed E-state index contributed by atoms with van der Waals surface area (Å²) in [6.45, 7) is 2.96. The maximum atomic E-state index is 13.1. The fourth-order valence-electron chi connectivity index (χ4n) is 7.76. The highest BCUT2D eigenvalue weighted by atomic mass is 31.2. The third-order valence-corrected chi connectivity index (χ3v) is 13.4. The molecular weight excluding hydrogens is 913 g/mol. The molecule has 0 bridgehead atoms. The van der Waals surface area contributed by atoms with E-state index in [-0.39, 0.29) is 12.8 Å². The van der Waals surface area contributed by atoms with Crippen molar-refractivity contribution < 1.29 is 90.6 Å². The van der Waals surface area contributed by atoms with E-state index >= 15 is 0 Å². The van der Waals surface area contributed by atoms with Crippen LogP contribution in [0, 0.1) is 0 Å². The molecule has 0 spiro atoms. The predicted octanol–water partition coefficient (Wildman–Crippen LogP) is 8.74. The van der Waals surface area contributed by atoms with Crippen LogP contribution in [0.25, 0.3) is 0 Å². The van der Waals surface area contributed by atoms with E-state index in [0.29, 0.717) is 12.8 Å². The fraction of sp³-hybridized carbons (Fsp3) is 0.953. The van der Waals surface area contributed by atoms with E-state index in [1.54, 1.807) is 0 Å². The van der Waals surface area contributed by atoms with E-state index in [2.05, 4.69) is 22.9 Å². The summed E-state index contributed by atoms with van der Waals surface area (Å²) >= 11 is 0.